The average Bonchev–Trinajstić information content (AvgIpc) is 3.21. The molecule has 2 N–H and O–H groups in total. The first-order valence-electron chi connectivity index (χ1n) is 14.8. The number of alkyl carbamates (subject to hydrolysis) is 1. The summed E-state index contributed by atoms with van der Waals surface area (Å²) in [6, 6.07) is 8.45. The van der Waals surface area contributed by atoms with Crippen LogP contribution in [0.25, 0.3) is 33.6 Å². The molecule has 1 saturated carbocycles. The number of hydrogen-bond acceptors (Lipinski definition) is 6. The number of aryl methyl sites for hydroxylation is 1. The van der Waals surface area contributed by atoms with E-state index in [1.807, 2.05) is 29.8 Å². The molecule has 1 aliphatic heterocycles. The van der Waals surface area contributed by atoms with Crippen molar-refractivity contribution in [2.45, 2.75) is 65.6 Å². The smallest absolute Gasteiger partial charge is 0.408 e. The van der Waals surface area contributed by atoms with Crippen molar-refractivity contribution >= 4 is 34.1 Å². The molecule has 6 rings (SSSR count). The number of phenolic OH excluding ortho intramolecular Hbond substituents is 1. The molecule has 4 aromatic rings. The molecule has 43 heavy (non-hydrogen) atoms. The highest BCUT2D eigenvalue weighted by molar-refractivity contribution is 5.99. The molecule has 228 valence electrons. The maximum Gasteiger partial charge on any atom is 0.408 e. The summed E-state index contributed by atoms with van der Waals surface area (Å²) in [5.41, 5.74) is 3.53. The molecule has 0 spiro atoms. The molecule has 0 saturated heterocycles. The Bertz CT molecular complexity index is 1750. The van der Waals surface area contributed by atoms with Crippen molar-refractivity contribution < 1.29 is 23.8 Å². The Kier molecular flexibility index (Phi) is 6.89. The highest BCUT2D eigenvalue weighted by Crippen LogP contribution is 2.53. The number of aromatic hydroxyl groups is 1. The minimum atomic E-state index is -0.895. The van der Waals surface area contributed by atoms with Gasteiger partial charge in [0.15, 0.2) is 11.5 Å². The molecule has 11 heteroatoms. The topological polar surface area (TPSA) is 115 Å². The van der Waals surface area contributed by atoms with Gasteiger partial charge in [0, 0.05) is 38.5 Å². The fourth-order valence-electron chi connectivity index (χ4n) is 6.10. The number of benzene rings is 1. The third-order valence-corrected chi connectivity index (χ3v) is 8.66. The Balaban J connectivity index is 1.31. The first-order valence-corrected chi connectivity index (χ1v) is 14.8. The summed E-state index contributed by atoms with van der Waals surface area (Å²) < 4.78 is 23.2. The predicted octanol–water partition coefficient (Wildman–Crippen LogP) is 5.20. The Morgan fingerprint density at radius 1 is 1.26 bits per heavy atom. The lowest BCUT2D eigenvalue weighted by atomic mass is 10.0. The van der Waals surface area contributed by atoms with Crippen molar-refractivity contribution in [3.63, 3.8) is 0 Å². The van der Waals surface area contributed by atoms with Crippen LogP contribution in [-0.4, -0.2) is 72.5 Å². The van der Waals surface area contributed by atoms with E-state index in [4.69, 9.17) is 14.7 Å². The van der Waals surface area contributed by atoms with Gasteiger partial charge in [0.1, 0.15) is 23.5 Å². The van der Waals surface area contributed by atoms with Gasteiger partial charge in [-0.15, -0.1) is 0 Å². The van der Waals surface area contributed by atoms with Crippen LogP contribution in [0.15, 0.2) is 30.3 Å². The second-order valence-corrected chi connectivity index (χ2v) is 13.6. The molecule has 2 atom stereocenters. The van der Waals surface area contributed by atoms with Gasteiger partial charge in [-0.3, -0.25) is 4.79 Å². The Morgan fingerprint density at radius 3 is 2.67 bits per heavy atom. The van der Waals surface area contributed by atoms with Gasteiger partial charge >= 0.3 is 6.09 Å². The maximum absolute atomic E-state index is 13.9. The predicted molar refractivity (Wildman–Crippen MR) is 162 cm³/mol. The number of alkyl halides is 1. The molecule has 10 nitrogen and oxygen atoms in total. The van der Waals surface area contributed by atoms with Crippen LogP contribution in [0.1, 0.15) is 57.1 Å². The molecule has 2 amide bonds. The molecule has 4 heterocycles. The zero-order valence-corrected chi connectivity index (χ0v) is 25.6. The van der Waals surface area contributed by atoms with Gasteiger partial charge in [0.25, 0.3) is 5.91 Å². The van der Waals surface area contributed by atoms with E-state index in [2.05, 4.69) is 23.7 Å². The Morgan fingerprint density at radius 2 is 2.00 bits per heavy atom. The molecule has 1 aromatic carbocycles. The van der Waals surface area contributed by atoms with Crippen LogP contribution in [0.3, 0.4) is 0 Å². The summed E-state index contributed by atoms with van der Waals surface area (Å²) >= 11 is 0. The maximum atomic E-state index is 13.9. The summed E-state index contributed by atoms with van der Waals surface area (Å²) in [7, 11) is 1.91. The molecule has 3 aromatic heterocycles. The van der Waals surface area contributed by atoms with Crippen molar-refractivity contribution in [2.24, 2.45) is 18.4 Å². The lowest BCUT2D eigenvalue weighted by Crippen LogP contribution is -2.50. The number of ether oxygens (including phenoxy) is 1. The Hall–Kier alpha value is -4.15. The standard InChI is InChI=1S/C32H39FN6O4/c1-31(2,3)43-30(42)34-20(15-33)17-38-11-10-22-21(29(38)41)13-23-27(35-22)37(6)28(36-23)24-12-18-8-7-9-25(40)26(18)39(24)16-19-14-32(19,4)5/h7-9,12-13,19-20,40H,10-11,14-17H2,1-6H3,(H,34,42)/t19?,20-/m1/s1. The molecular weight excluding hydrogens is 551 g/mol. The lowest BCUT2D eigenvalue weighted by Gasteiger charge is -2.31. The van der Waals surface area contributed by atoms with Gasteiger partial charge in [0.05, 0.1) is 28.5 Å². The highest BCUT2D eigenvalue weighted by Gasteiger charge is 2.46. The van der Waals surface area contributed by atoms with Crippen LogP contribution in [0.2, 0.25) is 0 Å². The number of fused-ring (bicyclic) bond motifs is 3. The number of carbonyl (C=O) groups is 2. The van der Waals surface area contributed by atoms with E-state index >= 15 is 0 Å². The second kappa shape index (κ2) is 10.2. The van der Waals surface area contributed by atoms with Crippen molar-refractivity contribution in [3.05, 3.63) is 41.6 Å². The first kappa shape index (κ1) is 28.9. The van der Waals surface area contributed by atoms with Gasteiger partial charge in [-0.25, -0.2) is 19.2 Å². The van der Waals surface area contributed by atoms with Crippen LogP contribution in [0.5, 0.6) is 5.75 Å². The molecule has 1 fully saturated rings. The summed E-state index contributed by atoms with van der Waals surface area (Å²) in [4.78, 5) is 37.1. The quantitative estimate of drug-likeness (QED) is 0.306. The summed E-state index contributed by atoms with van der Waals surface area (Å²) in [5, 5.41) is 14.3. The second-order valence-electron chi connectivity index (χ2n) is 13.6. The lowest BCUT2D eigenvalue weighted by molar-refractivity contribution is 0.0465. The average molecular weight is 591 g/mol. The van der Waals surface area contributed by atoms with Crippen LogP contribution < -0.4 is 5.32 Å². The van der Waals surface area contributed by atoms with Crippen LogP contribution in [0, 0.1) is 11.3 Å². The number of imidazole rings is 1. The van der Waals surface area contributed by atoms with Crippen molar-refractivity contribution in [1.82, 2.24) is 29.3 Å². The SMILES string of the molecule is Cn1c(-c2cc3cccc(O)c3n2CC2CC2(C)C)nc2cc3c(nc21)CCN(C[C@@H](CF)NC(=O)OC(C)(C)C)C3=O. The molecule has 0 bridgehead atoms. The minimum absolute atomic E-state index is 0.0145. The number of carbonyl (C=O) groups excluding carboxylic acids is 2. The summed E-state index contributed by atoms with van der Waals surface area (Å²) in [5.74, 6) is 1.14. The number of aromatic nitrogens is 4. The van der Waals surface area contributed by atoms with E-state index in [-0.39, 0.29) is 23.6 Å². The molecule has 0 radical (unpaired) electrons. The van der Waals surface area contributed by atoms with Crippen LogP contribution in [0.4, 0.5) is 9.18 Å². The van der Waals surface area contributed by atoms with Gasteiger partial charge in [-0.05, 0) is 56.7 Å². The number of pyridine rings is 1. The number of phenols is 1. The number of amides is 2. The molecule has 2 aliphatic rings. The van der Waals surface area contributed by atoms with Crippen LogP contribution in [-0.2, 0) is 24.8 Å². The zero-order valence-electron chi connectivity index (χ0n) is 25.6. The van der Waals surface area contributed by atoms with Crippen molar-refractivity contribution in [3.8, 4) is 17.3 Å². The number of halogens is 1. The van der Waals surface area contributed by atoms with E-state index in [0.29, 0.717) is 47.1 Å². The van der Waals surface area contributed by atoms with Gasteiger partial charge in [-0.1, -0.05) is 26.0 Å². The fraction of sp³-hybridized carbons (Fsp3) is 0.500. The zero-order chi connectivity index (χ0) is 30.8. The van der Waals surface area contributed by atoms with E-state index in [1.54, 1.807) is 37.8 Å². The van der Waals surface area contributed by atoms with Crippen LogP contribution >= 0.6 is 0 Å². The number of rotatable bonds is 7. The summed E-state index contributed by atoms with van der Waals surface area (Å²) in [6.07, 6.45) is 0.889. The van der Waals surface area contributed by atoms with Crippen molar-refractivity contribution in [2.75, 3.05) is 19.8 Å². The number of nitrogens with zero attached hydrogens (tertiary/aromatic N) is 5. The van der Waals surface area contributed by atoms with E-state index < -0.39 is 24.4 Å². The normalized spacial score (nSPS) is 18.6. The fourth-order valence-corrected chi connectivity index (χ4v) is 6.10. The van der Waals surface area contributed by atoms with Crippen molar-refractivity contribution in [1.29, 1.82) is 0 Å². The molecular formula is C32H39FN6O4. The van der Waals surface area contributed by atoms with E-state index in [9.17, 15) is 19.1 Å². The highest BCUT2D eigenvalue weighted by atomic mass is 19.1. The minimum Gasteiger partial charge on any atom is -0.506 e. The van der Waals surface area contributed by atoms with E-state index in [0.717, 1.165) is 29.6 Å². The molecule has 1 aliphatic carbocycles. The van der Waals surface area contributed by atoms with Gasteiger partial charge in [-0.2, -0.15) is 0 Å². The largest absolute Gasteiger partial charge is 0.506 e. The van der Waals surface area contributed by atoms with Gasteiger partial charge in [0.2, 0.25) is 0 Å². The third-order valence-electron chi connectivity index (χ3n) is 8.66. The first-order chi connectivity index (χ1) is 20.3. The number of nitrogens with one attached hydrogen (secondary N) is 1. The summed E-state index contributed by atoms with van der Waals surface area (Å²) in [6.45, 7) is 10.0. The van der Waals surface area contributed by atoms with Gasteiger partial charge < -0.3 is 29.2 Å². The monoisotopic (exact) mass is 590 g/mol. The molecule has 1 unspecified atom stereocenters. The Labute approximate surface area is 249 Å². The number of hydrogen-bond donors (Lipinski definition) is 2. The van der Waals surface area contributed by atoms with E-state index in [1.165, 1.54) is 0 Å². The third kappa shape index (κ3) is 5.41. The number of para-hydroxylation sites is 1.